The highest BCUT2D eigenvalue weighted by Gasteiger charge is 2.28. The molecule has 0 N–H and O–H groups in total. The second kappa shape index (κ2) is 6.92. The van der Waals surface area contributed by atoms with E-state index >= 15 is 0 Å². The number of halogens is 1. The number of carbonyl (C=O) groups is 1. The van der Waals surface area contributed by atoms with Gasteiger partial charge in [-0.05, 0) is 44.0 Å². The number of aryl methyl sites for hydroxylation is 1. The first-order valence-electron chi connectivity index (χ1n) is 8.51. The SMILES string of the molecule is Cc1noc(C2CCN(C(=O)c3ccn(-c4cccc(Cl)c4)n3)CC2)n1. The lowest BCUT2D eigenvalue weighted by molar-refractivity contribution is 0.0698. The van der Waals surface area contributed by atoms with Crippen LogP contribution in [0.3, 0.4) is 0 Å². The van der Waals surface area contributed by atoms with Crippen molar-refractivity contribution in [3.8, 4) is 5.69 Å². The van der Waals surface area contributed by atoms with Crippen LogP contribution in [-0.2, 0) is 0 Å². The highest BCUT2D eigenvalue weighted by Crippen LogP contribution is 2.27. The Labute approximate surface area is 155 Å². The molecule has 1 fully saturated rings. The quantitative estimate of drug-likeness (QED) is 0.706. The minimum Gasteiger partial charge on any atom is -0.339 e. The molecule has 3 heterocycles. The van der Waals surface area contributed by atoms with E-state index < -0.39 is 0 Å². The number of aromatic nitrogens is 4. The Bertz CT molecular complexity index is 927. The van der Waals surface area contributed by atoms with E-state index in [0.29, 0.717) is 35.5 Å². The van der Waals surface area contributed by atoms with Gasteiger partial charge in [0.15, 0.2) is 11.5 Å². The standard InChI is InChI=1S/C18H18ClN5O2/c1-12-20-17(26-22-12)13-5-8-23(9-6-13)18(25)16-7-10-24(21-16)15-4-2-3-14(19)11-15/h2-4,7,10-11,13H,5-6,8-9H2,1H3. The lowest BCUT2D eigenvalue weighted by Gasteiger charge is -2.29. The molecule has 8 heteroatoms. The summed E-state index contributed by atoms with van der Waals surface area (Å²) in [5.41, 5.74) is 1.25. The van der Waals surface area contributed by atoms with E-state index in [4.69, 9.17) is 16.1 Å². The summed E-state index contributed by atoms with van der Waals surface area (Å²) in [5, 5.41) is 8.87. The van der Waals surface area contributed by atoms with Crippen molar-refractivity contribution in [3.05, 3.63) is 59.0 Å². The molecule has 3 aromatic rings. The van der Waals surface area contributed by atoms with Gasteiger partial charge in [-0.2, -0.15) is 10.1 Å². The number of hydrogen-bond donors (Lipinski definition) is 0. The lowest BCUT2D eigenvalue weighted by Crippen LogP contribution is -2.38. The van der Waals surface area contributed by atoms with Gasteiger partial charge in [0.1, 0.15) is 0 Å². The molecule has 1 aliphatic rings. The van der Waals surface area contributed by atoms with Crippen molar-refractivity contribution in [3.63, 3.8) is 0 Å². The van der Waals surface area contributed by atoms with Crippen LogP contribution in [0.25, 0.3) is 5.69 Å². The van der Waals surface area contributed by atoms with Crippen molar-refractivity contribution in [2.45, 2.75) is 25.7 Å². The molecule has 0 unspecified atom stereocenters. The smallest absolute Gasteiger partial charge is 0.274 e. The summed E-state index contributed by atoms with van der Waals surface area (Å²) in [6, 6.07) is 9.09. The van der Waals surface area contributed by atoms with Gasteiger partial charge in [-0.15, -0.1) is 0 Å². The van der Waals surface area contributed by atoms with E-state index in [9.17, 15) is 4.79 Å². The second-order valence-corrected chi connectivity index (χ2v) is 6.81. The second-order valence-electron chi connectivity index (χ2n) is 6.37. The predicted molar refractivity (Wildman–Crippen MR) is 95.5 cm³/mol. The van der Waals surface area contributed by atoms with Crippen molar-refractivity contribution in [2.75, 3.05) is 13.1 Å². The van der Waals surface area contributed by atoms with Crippen LogP contribution in [0.4, 0.5) is 0 Å². The van der Waals surface area contributed by atoms with Gasteiger partial charge >= 0.3 is 0 Å². The van der Waals surface area contributed by atoms with Crippen molar-refractivity contribution in [2.24, 2.45) is 0 Å². The Morgan fingerprint density at radius 3 is 2.77 bits per heavy atom. The number of benzene rings is 1. The van der Waals surface area contributed by atoms with Gasteiger partial charge in [-0.3, -0.25) is 4.79 Å². The first-order chi connectivity index (χ1) is 12.6. The molecule has 0 radical (unpaired) electrons. The van der Waals surface area contributed by atoms with E-state index in [-0.39, 0.29) is 11.8 Å². The Hall–Kier alpha value is -2.67. The van der Waals surface area contributed by atoms with Gasteiger partial charge in [-0.25, -0.2) is 4.68 Å². The number of piperidine rings is 1. The zero-order valence-corrected chi connectivity index (χ0v) is 15.1. The normalized spacial score (nSPS) is 15.4. The fourth-order valence-electron chi connectivity index (χ4n) is 3.17. The molecule has 0 bridgehead atoms. The van der Waals surface area contributed by atoms with Crippen LogP contribution < -0.4 is 0 Å². The third kappa shape index (κ3) is 3.35. The number of nitrogens with zero attached hydrogens (tertiary/aromatic N) is 5. The van der Waals surface area contributed by atoms with Crippen LogP contribution in [0.2, 0.25) is 5.02 Å². The summed E-state index contributed by atoms with van der Waals surface area (Å²) < 4.78 is 6.91. The molecule has 0 saturated carbocycles. The van der Waals surface area contributed by atoms with Crippen LogP contribution >= 0.6 is 11.6 Å². The first kappa shape index (κ1) is 16.8. The molecule has 1 aliphatic heterocycles. The molecule has 7 nitrogen and oxygen atoms in total. The molecule has 0 spiro atoms. The number of likely N-dealkylation sites (tertiary alicyclic amines) is 1. The number of amides is 1. The maximum atomic E-state index is 12.7. The molecule has 1 amide bonds. The van der Waals surface area contributed by atoms with E-state index in [2.05, 4.69) is 15.2 Å². The average Bonchev–Trinajstić information content (AvgIpc) is 3.31. The van der Waals surface area contributed by atoms with Crippen molar-refractivity contribution >= 4 is 17.5 Å². The van der Waals surface area contributed by atoms with E-state index in [1.807, 2.05) is 24.0 Å². The summed E-state index contributed by atoms with van der Waals surface area (Å²) in [7, 11) is 0. The van der Waals surface area contributed by atoms with Crippen molar-refractivity contribution in [1.82, 2.24) is 24.8 Å². The van der Waals surface area contributed by atoms with Gasteiger partial charge in [0.2, 0.25) is 5.89 Å². The summed E-state index contributed by atoms with van der Waals surface area (Å²) in [4.78, 5) is 18.9. The number of rotatable bonds is 3. The summed E-state index contributed by atoms with van der Waals surface area (Å²) in [5.74, 6) is 1.46. The maximum absolute atomic E-state index is 12.7. The maximum Gasteiger partial charge on any atom is 0.274 e. The summed E-state index contributed by atoms with van der Waals surface area (Å²) in [6.07, 6.45) is 3.39. The summed E-state index contributed by atoms with van der Waals surface area (Å²) >= 11 is 6.02. The third-order valence-corrected chi connectivity index (χ3v) is 4.79. The number of carbonyl (C=O) groups excluding carboxylic acids is 1. The molecule has 4 rings (SSSR count). The molecule has 2 aromatic heterocycles. The lowest BCUT2D eigenvalue weighted by atomic mass is 9.96. The average molecular weight is 372 g/mol. The molecule has 1 saturated heterocycles. The minimum atomic E-state index is -0.0639. The van der Waals surface area contributed by atoms with Crippen LogP contribution in [-0.4, -0.2) is 43.8 Å². The van der Waals surface area contributed by atoms with Gasteiger partial charge < -0.3 is 9.42 Å². The van der Waals surface area contributed by atoms with Crippen LogP contribution in [0, 0.1) is 6.92 Å². The largest absolute Gasteiger partial charge is 0.339 e. The van der Waals surface area contributed by atoms with Gasteiger partial charge in [0, 0.05) is 30.2 Å². The molecular formula is C18H18ClN5O2. The molecule has 0 aliphatic carbocycles. The van der Waals surface area contributed by atoms with Crippen molar-refractivity contribution in [1.29, 1.82) is 0 Å². The van der Waals surface area contributed by atoms with E-state index in [1.54, 1.807) is 29.1 Å². The third-order valence-electron chi connectivity index (χ3n) is 4.56. The number of hydrogen-bond acceptors (Lipinski definition) is 5. The Morgan fingerprint density at radius 1 is 1.27 bits per heavy atom. The fraction of sp³-hybridized carbons (Fsp3) is 0.333. The topological polar surface area (TPSA) is 77.0 Å². The predicted octanol–water partition coefficient (Wildman–Crippen LogP) is 3.24. The highest BCUT2D eigenvalue weighted by molar-refractivity contribution is 6.30. The minimum absolute atomic E-state index is 0.0639. The van der Waals surface area contributed by atoms with E-state index in [0.717, 1.165) is 18.5 Å². The zero-order chi connectivity index (χ0) is 18.1. The monoisotopic (exact) mass is 371 g/mol. The van der Waals surface area contributed by atoms with E-state index in [1.165, 1.54) is 0 Å². The van der Waals surface area contributed by atoms with Crippen molar-refractivity contribution < 1.29 is 9.32 Å². The van der Waals surface area contributed by atoms with Gasteiger partial charge in [0.05, 0.1) is 5.69 Å². The van der Waals surface area contributed by atoms with Crippen LogP contribution in [0.15, 0.2) is 41.1 Å². The summed E-state index contributed by atoms with van der Waals surface area (Å²) in [6.45, 7) is 3.10. The Morgan fingerprint density at radius 2 is 2.08 bits per heavy atom. The van der Waals surface area contributed by atoms with Gasteiger partial charge in [0.25, 0.3) is 5.91 Å². The Kier molecular flexibility index (Phi) is 4.46. The fourth-order valence-corrected chi connectivity index (χ4v) is 3.36. The molecule has 0 atom stereocenters. The van der Waals surface area contributed by atoms with Gasteiger partial charge in [-0.1, -0.05) is 22.8 Å². The van der Waals surface area contributed by atoms with Crippen LogP contribution in [0.5, 0.6) is 0 Å². The highest BCUT2D eigenvalue weighted by atomic mass is 35.5. The molecule has 1 aromatic carbocycles. The molecule has 134 valence electrons. The Balaban J connectivity index is 1.43. The van der Waals surface area contributed by atoms with Crippen LogP contribution in [0.1, 0.15) is 41.0 Å². The molecular weight excluding hydrogens is 354 g/mol. The molecule has 26 heavy (non-hydrogen) atoms. The zero-order valence-electron chi connectivity index (χ0n) is 14.3. The first-order valence-corrected chi connectivity index (χ1v) is 8.89.